The van der Waals surface area contributed by atoms with E-state index >= 15 is 0 Å². The van der Waals surface area contributed by atoms with Crippen molar-refractivity contribution in [2.45, 2.75) is 157 Å². The Hall–Kier alpha value is -1.86. The molecule has 5 aliphatic rings. The molecular weight excluding hydrogens is 826 g/mol. The predicted octanol–water partition coefficient (Wildman–Crippen LogP) is -4.62. The van der Waals surface area contributed by atoms with Crippen LogP contribution in [0.25, 0.3) is 0 Å². The van der Waals surface area contributed by atoms with Crippen molar-refractivity contribution in [1.29, 1.82) is 0 Å². The lowest BCUT2D eigenvalue weighted by atomic mass is 9.82. The number of hydrogen-bond acceptors (Lipinski definition) is 24. The fourth-order valence-corrected chi connectivity index (χ4v) is 8.53. The summed E-state index contributed by atoms with van der Waals surface area (Å²) in [7, 11) is 3.89. The summed E-state index contributed by atoms with van der Waals surface area (Å²) in [5, 5.41) is 74.6. The summed E-state index contributed by atoms with van der Waals surface area (Å²) in [5.41, 5.74) is 6.46. The van der Waals surface area contributed by atoms with E-state index in [0.29, 0.717) is 0 Å². The first kappa shape index (κ1) is 50.1. The van der Waals surface area contributed by atoms with Crippen molar-refractivity contribution in [1.82, 2.24) is 0 Å². The molecule has 5 rings (SSSR count). The molecule has 0 aromatic heterocycles. The van der Waals surface area contributed by atoms with Gasteiger partial charge in [-0.15, -0.1) is 0 Å². The van der Waals surface area contributed by atoms with Gasteiger partial charge in [0.1, 0.15) is 67.1 Å². The van der Waals surface area contributed by atoms with Crippen LogP contribution in [0.1, 0.15) is 27.7 Å². The number of carbonyl (C=O) groups is 2. The second-order valence-electron chi connectivity index (χ2n) is 15.9. The molecule has 10 unspecified atom stereocenters. The van der Waals surface area contributed by atoms with Crippen LogP contribution in [-0.4, -0.2) is 219 Å². The number of rotatable bonds is 18. The SMILES string of the molecule is COC1[C@H](O[C@H]2C(O)C(O)[C@@H](O[C@H]3C(OC)C(C)[C@H](O[C@@H]4C(CO)O[C@H](OC)C(O)[C@H]4O)O[C@H]3OC=O)O[C@H]2CO)OC(OC=O)[C@@H](O[C@H]2OC(CO)[C@@H](C)[C@H](C)C2N)[C@@H]1C. The molecule has 0 aromatic rings. The molecule has 354 valence electrons. The smallest absolute Gasteiger partial charge is 0.295 e. The van der Waals surface area contributed by atoms with Crippen LogP contribution < -0.4 is 5.73 Å². The van der Waals surface area contributed by atoms with Gasteiger partial charge in [0.25, 0.3) is 12.9 Å². The Morgan fingerprint density at radius 2 is 0.902 bits per heavy atom. The molecule has 0 amide bonds. The molecule has 0 aromatic carbocycles. The van der Waals surface area contributed by atoms with Gasteiger partial charge in [-0.25, -0.2) is 0 Å². The molecule has 0 bridgehead atoms. The molecule has 9 N–H and O–H groups in total. The van der Waals surface area contributed by atoms with Crippen molar-refractivity contribution in [3.63, 3.8) is 0 Å². The van der Waals surface area contributed by atoms with Gasteiger partial charge in [-0.1, -0.05) is 27.7 Å². The van der Waals surface area contributed by atoms with Crippen molar-refractivity contribution >= 4 is 12.9 Å². The molecule has 5 saturated heterocycles. The van der Waals surface area contributed by atoms with Gasteiger partial charge in [0, 0.05) is 33.2 Å². The second-order valence-corrected chi connectivity index (χ2v) is 15.9. The third-order valence-corrected chi connectivity index (χ3v) is 12.4. The van der Waals surface area contributed by atoms with E-state index in [1.54, 1.807) is 13.8 Å². The summed E-state index contributed by atoms with van der Waals surface area (Å²) < 4.78 is 80.7. The summed E-state index contributed by atoms with van der Waals surface area (Å²) >= 11 is 0. The Morgan fingerprint density at radius 1 is 0.443 bits per heavy atom. The first-order valence-corrected chi connectivity index (χ1v) is 20.1. The predicted molar refractivity (Wildman–Crippen MR) is 196 cm³/mol. The molecular formula is C37H63NO23. The monoisotopic (exact) mass is 889 g/mol. The van der Waals surface area contributed by atoms with Gasteiger partial charge in [-0.2, -0.15) is 0 Å². The van der Waals surface area contributed by atoms with Crippen LogP contribution >= 0.6 is 0 Å². The molecule has 0 spiro atoms. The molecule has 61 heavy (non-hydrogen) atoms. The maximum Gasteiger partial charge on any atom is 0.295 e. The van der Waals surface area contributed by atoms with Crippen LogP contribution in [0.3, 0.4) is 0 Å². The minimum absolute atomic E-state index is 0.0498. The zero-order valence-electron chi connectivity index (χ0n) is 34.9. The van der Waals surface area contributed by atoms with Crippen LogP contribution in [0, 0.1) is 23.7 Å². The Bertz CT molecular complexity index is 1350. The Kier molecular flexibility index (Phi) is 18.4. The van der Waals surface area contributed by atoms with E-state index in [-0.39, 0.29) is 31.4 Å². The first-order valence-electron chi connectivity index (χ1n) is 20.1. The Labute approximate surface area is 352 Å². The van der Waals surface area contributed by atoms with E-state index in [9.17, 15) is 45.3 Å². The second kappa shape index (κ2) is 22.4. The molecule has 0 aliphatic carbocycles. The lowest BCUT2D eigenvalue weighted by Gasteiger charge is -2.50. The lowest BCUT2D eigenvalue weighted by molar-refractivity contribution is -0.406. The first-order chi connectivity index (χ1) is 29.1. The van der Waals surface area contributed by atoms with E-state index in [0.717, 1.165) is 0 Å². The van der Waals surface area contributed by atoms with Crippen LogP contribution in [0.5, 0.6) is 0 Å². The number of hydrogen-bond donors (Lipinski definition) is 8. The van der Waals surface area contributed by atoms with Gasteiger partial charge in [0.2, 0.25) is 12.6 Å². The van der Waals surface area contributed by atoms with E-state index in [1.807, 2.05) is 13.8 Å². The van der Waals surface area contributed by atoms with E-state index in [1.165, 1.54) is 21.3 Å². The molecule has 0 saturated carbocycles. The largest absolute Gasteiger partial charge is 0.435 e. The van der Waals surface area contributed by atoms with Gasteiger partial charge >= 0.3 is 0 Å². The topological polar surface area (TPSA) is 331 Å². The van der Waals surface area contributed by atoms with Crippen LogP contribution in [0.4, 0.5) is 0 Å². The maximum absolute atomic E-state index is 11.7. The molecule has 5 heterocycles. The molecule has 24 heteroatoms. The van der Waals surface area contributed by atoms with Crippen molar-refractivity contribution in [2.75, 3.05) is 41.2 Å². The average Bonchev–Trinajstić information content (AvgIpc) is 3.25. The van der Waals surface area contributed by atoms with Crippen molar-refractivity contribution in [3.8, 4) is 0 Å². The quantitative estimate of drug-likeness (QED) is 0.0600. The van der Waals surface area contributed by atoms with Gasteiger partial charge in [0.15, 0.2) is 31.5 Å². The van der Waals surface area contributed by atoms with E-state index in [4.69, 9.17) is 72.0 Å². The minimum Gasteiger partial charge on any atom is -0.435 e. The van der Waals surface area contributed by atoms with Gasteiger partial charge in [0.05, 0.1) is 38.1 Å². The van der Waals surface area contributed by atoms with Crippen LogP contribution in [0.2, 0.25) is 0 Å². The van der Waals surface area contributed by atoms with Gasteiger partial charge in [-0.05, 0) is 11.8 Å². The highest BCUT2D eigenvalue weighted by Crippen LogP contribution is 2.40. The fourth-order valence-electron chi connectivity index (χ4n) is 8.53. The molecule has 24 nitrogen and oxygen atoms in total. The number of methoxy groups -OCH3 is 3. The van der Waals surface area contributed by atoms with Crippen molar-refractivity contribution in [3.05, 3.63) is 0 Å². The summed E-state index contributed by atoms with van der Waals surface area (Å²) in [5.74, 6) is -1.72. The van der Waals surface area contributed by atoms with Crippen LogP contribution in [0.15, 0.2) is 0 Å². The maximum atomic E-state index is 11.7. The van der Waals surface area contributed by atoms with Crippen LogP contribution in [-0.2, 0) is 75.9 Å². The summed E-state index contributed by atoms with van der Waals surface area (Å²) in [4.78, 5) is 23.4. The fraction of sp³-hybridized carbons (Fsp3) is 0.946. The molecule has 5 fully saturated rings. The van der Waals surface area contributed by atoms with Crippen molar-refractivity contribution < 1.29 is 112 Å². The Balaban J connectivity index is 1.29. The van der Waals surface area contributed by atoms with Crippen molar-refractivity contribution in [2.24, 2.45) is 29.4 Å². The molecule has 25 atom stereocenters. The zero-order valence-corrected chi connectivity index (χ0v) is 34.9. The lowest BCUT2D eigenvalue weighted by Crippen LogP contribution is -2.66. The Morgan fingerprint density at radius 3 is 1.43 bits per heavy atom. The summed E-state index contributed by atoms with van der Waals surface area (Å²) in [6, 6.07) is -0.629. The zero-order chi connectivity index (χ0) is 44.9. The normalized spacial score (nSPS) is 49.5. The van der Waals surface area contributed by atoms with Gasteiger partial charge in [-0.3, -0.25) is 9.59 Å². The number of aliphatic hydroxyl groups excluding tert-OH is 7. The third kappa shape index (κ3) is 10.5. The average molecular weight is 890 g/mol. The number of nitrogens with two attached hydrogens (primary N) is 1. The van der Waals surface area contributed by atoms with E-state index in [2.05, 4.69) is 0 Å². The molecule has 5 aliphatic heterocycles. The highest BCUT2D eigenvalue weighted by atomic mass is 16.8. The van der Waals surface area contributed by atoms with Gasteiger partial charge < -0.3 is 108 Å². The summed E-state index contributed by atoms with van der Waals surface area (Å²) in [6.07, 6.45) is -27.4. The third-order valence-electron chi connectivity index (χ3n) is 12.4. The highest BCUT2D eigenvalue weighted by molar-refractivity contribution is 5.37. The number of ether oxygens (including phenoxy) is 14. The minimum atomic E-state index is -1.91. The molecule has 0 radical (unpaired) electrons. The number of carbonyl (C=O) groups excluding carboxylic acids is 2. The number of aliphatic hydroxyl groups is 7. The highest BCUT2D eigenvalue weighted by Gasteiger charge is 2.56. The standard InChI is InChI=1S/C37H63NO23/c1-13-14(2)20(38)32(53-17(13)8-39)56-27-15(3)26(49-6)37(61-35(27)51-11-42)58-29-19(10-41)55-34(24(47)22(29)45)59-30-25(48-5)16(4)31(60-36(30)52-12-43)57-28-18(9-40)54-33(50-7)23(46)21(28)44/h11-37,39-41,44-47H,8-10,38H2,1-7H3/t13-,14-,15+,16?,17?,18?,19-,20?,21+,22?,23?,24?,25?,26?,27-,28+,29+,30-,31+,32+,33-,34+,35?,36+,37+/m0/s1. The van der Waals surface area contributed by atoms with E-state index < -0.39 is 154 Å². The summed E-state index contributed by atoms with van der Waals surface area (Å²) in [6.45, 7) is 5.56.